The van der Waals surface area contributed by atoms with Crippen LogP contribution in [0.25, 0.3) is 10.9 Å². The molecule has 0 aliphatic carbocycles. The first kappa shape index (κ1) is 17.3. The molecule has 1 amide bonds. The molecule has 0 atom stereocenters. The Morgan fingerprint density at radius 1 is 1.40 bits per heavy atom. The zero-order chi connectivity index (χ0) is 18.0. The molecule has 0 radical (unpaired) electrons. The van der Waals surface area contributed by atoms with Gasteiger partial charge in [-0.3, -0.25) is 19.6 Å². The second kappa shape index (κ2) is 7.18. The van der Waals surface area contributed by atoms with Gasteiger partial charge in [0, 0.05) is 36.7 Å². The van der Waals surface area contributed by atoms with Crippen LogP contribution in [0, 0.1) is 17.0 Å². The van der Waals surface area contributed by atoms with Gasteiger partial charge in [-0.25, -0.2) is 0 Å². The van der Waals surface area contributed by atoms with Crippen LogP contribution in [-0.4, -0.2) is 51.2 Å². The molecule has 8 nitrogen and oxygen atoms in total. The van der Waals surface area contributed by atoms with E-state index in [1.54, 1.807) is 17.7 Å². The molecule has 1 saturated heterocycles. The van der Waals surface area contributed by atoms with E-state index in [9.17, 15) is 14.9 Å². The van der Waals surface area contributed by atoms with E-state index in [0.29, 0.717) is 11.1 Å². The van der Waals surface area contributed by atoms with Crippen LogP contribution >= 0.6 is 0 Å². The van der Waals surface area contributed by atoms with Crippen molar-refractivity contribution in [2.45, 2.75) is 39.3 Å². The highest BCUT2D eigenvalue weighted by atomic mass is 16.6. The normalized spacial score (nSPS) is 16.2. The number of nitrogens with zero attached hydrogens (tertiary/aromatic N) is 4. The van der Waals surface area contributed by atoms with Crippen LogP contribution < -0.4 is 5.32 Å². The molecule has 1 aromatic carbocycles. The maximum atomic E-state index is 12.4. The average molecular weight is 345 g/mol. The number of carbonyl (C=O) groups excluding carboxylic acids is 1. The van der Waals surface area contributed by atoms with Crippen molar-refractivity contribution >= 4 is 22.5 Å². The van der Waals surface area contributed by atoms with E-state index in [-0.39, 0.29) is 24.2 Å². The number of amides is 1. The summed E-state index contributed by atoms with van der Waals surface area (Å²) in [6.07, 6.45) is 1.93. The molecule has 1 fully saturated rings. The maximum Gasteiger partial charge on any atom is 0.270 e. The molecule has 1 aromatic heterocycles. The van der Waals surface area contributed by atoms with Gasteiger partial charge in [-0.05, 0) is 32.4 Å². The van der Waals surface area contributed by atoms with Crippen molar-refractivity contribution in [3.63, 3.8) is 0 Å². The summed E-state index contributed by atoms with van der Waals surface area (Å²) in [5, 5.41) is 19.1. The largest absolute Gasteiger partial charge is 0.352 e. The number of fused-ring (bicyclic) bond motifs is 1. The maximum absolute atomic E-state index is 12.4. The van der Waals surface area contributed by atoms with Gasteiger partial charge in [0.1, 0.15) is 6.54 Å². The van der Waals surface area contributed by atoms with Crippen molar-refractivity contribution < 1.29 is 9.72 Å². The molecule has 2 aromatic rings. The first-order chi connectivity index (χ1) is 12.0. The number of aromatic nitrogens is 2. The Labute approximate surface area is 145 Å². The number of hydrogen-bond acceptors (Lipinski definition) is 5. The number of rotatable bonds is 5. The zero-order valence-electron chi connectivity index (χ0n) is 14.6. The second-order valence-electron chi connectivity index (χ2n) is 6.48. The minimum Gasteiger partial charge on any atom is -0.352 e. The smallest absolute Gasteiger partial charge is 0.270 e. The first-order valence-corrected chi connectivity index (χ1v) is 8.61. The van der Waals surface area contributed by atoms with Crippen molar-refractivity contribution in [2.24, 2.45) is 0 Å². The third kappa shape index (κ3) is 3.79. The third-order valence-electron chi connectivity index (χ3n) is 4.82. The van der Waals surface area contributed by atoms with Crippen LogP contribution in [0.1, 0.15) is 25.5 Å². The van der Waals surface area contributed by atoms with Crippen molar-refractivity contribution in [3.8, 4) is 0 Å². The Balaban J connectivity index is 1.68. The molecule has 8 heteroatoms. The van der Waals surface area contributed by atoms with Crippen LogP contribution in [0.4, 0.5) is 5.69 Å². The summed E-state index contributed by atoms with van der Waals surface area (Å²) >= 11 is 0. The van der Waals surface area contributed by atoms with E-state index in [0.717, 1.165) is 38.0 Å². The van der Waals surface area contributed by atoms with E-state index in [4.69, 9.17) is 0 Å². The molecule has 1 aliphatic rings. The Hall–Kier alpha value is -2.48. The van der Waals surface area contributed by atoms with Crippen LogP contribution in [0.5, 0.6) is 0 Å². The highest BCUT2D eigenvalue weighted by Gasteiger charge is 2.20. The summed E-state index contributed by atoms with van der Waals surface area (Å²) in [6, 6.07) is 4.81. The minimum absolute atomic E-state index is 0.0299. The lowest BCUT2D eigenvalue weighted by molar-refractivity contribution is -0.384. The van der Waals surface area contributed by atoms with E-state index in [1.807, 2.05) is 0 Å². The van der Waals surface area contributed by atoms with Gasteiger partial charge in [0.25, 0.3) is 5.69 Å². The molecular formula is C17H23N5O3. The monoisotopic (exact) mass is 345 g/mol. The molecule has 0 spiro atoms. The molecule has 3 rings (SSSR count). The molecule has 1 aliphatic heterocycles. The standard InChI is InChI=1S/C17H23N5O3/c1-3-20-8-6-13(7-9-20)18-17(23)11-21-16-5-4-14(22(24)25)10-15(16)12(2)19-21/h4-5,10,13H,3,6-9,11H2,1-2H3,(H,18,23). The topological polar surface area (TPSA) is 93.3 Å². The fourth-order valence-electron chi connectivity index (χ4n) is 3.36. The first-order valence-electron chi connectivity index (χ1n) is 8.61. The fraction of sp³-hybridized carbons (Fsp3) is 0.529. The number of nitrogens with one attached hydrogen (secondary N) is 1. The van der Waals surface area contributed by atoms with Crippen molar-refractivity contribution in [3.05, 3.63) is 34.0 Å². The van der Waals surface area contributed by atoms with Crippen LogP contribution in [0.2, 0.25) is 0 Å². The van der Waals surface area contributed by atoms with Gasteiger partial charge in [-0.15, -0.1) is 0 Å². The van der Waals surface area contributed by atoms with Gasteiger partial charge in [-0.2, -0.15) is 5.10 Å². The average Bonchev–Trinajstić information content (AvgIpc) is 2.90. The van der Waals surface area contributed by atoms with E-state index in [1.165, 1.54) is 12.1 Å². The third-order valence-corrected chi connectivity index (χ3v) is 4.82. The fourth-order valence-corrected chi connectivity index (χ4v) is 3.36. The van der Waals surface area contributed by atoms with Gasteiger partial charge in [0.2, 0.25) is 5.91 Å². The molecule has 1 N–H and O–H groups in total. The number of nitro groups is 1. The number of benzene rings is 1. The Morgan fingerprint density at radius 2 is 2.12 bits per heavy atom. The van der Waals surface area contributed by atoms with E-state index >= 15 is 0 Å². The predicted molar refractivity (Wildman–Crippen MR) is 94.4 cm³/mol. The zero-order valence-corrected chi connectivity index (χ0v) is 14.6. The molecular weight excluding hydrogens is 322 g/mol. The highest BCUT2D eigenvalue weighted by molar-refractivity contribution is 5.86. The number of hydrogen-bond donors (Lipinski definition) is 1. The Bertz CT molecular complexity index is 793. The van der Waals surface area contributed by atoms with Crippen molar-refractivity contribution in [1.82, 2.24) is 20.0 Å². The van der Waals surface area contributed by atoms with Crippen LogP contribution in [0.3, 0.4) is 0 Å². The van der Waals surface area contributed by atoms with Gasteiger partial charge in [-0.1, -0.05) is 6.92 Å². The molecule has 134 valence electrons. The Morgan fingerprint density at radius 3 is 2.76 bits per heavy atom. The van der Waals surface area contributed by atoms with Gasteiger partial charge in [0.05, 0.1) is 16.1 Å². The van der Waals surface area contributed by atoms with Crippen molar-refractivity contribution in [2.75, 3.05) is 19.6 Å². The second-order valence-corrected chi connectivity index (χ2v) is 6.48. The summed E-state index contributed by atoms with van der Waals surface area (Å²) in [5.41, 5.74) is 1.45. The summed E-state index contributed by atoms with van der Waals surface area (Å²) in [6.45, 7) is 7.13. The Kier molecular flexibility index (Phi) is 4.98. The SMILES string of the molecule is CCN1CCC(NC(=O)Cn2nc(C)c3cc([N+](=O)[O-])ccc32)CC1. The lowest BCUT2D eigenvalue weighted by Crippen LogP contribution is -2.45. The molecule has 0 unspecified atom stereocenters. The number of aryl methyl sites for hydroxylation is 1. The predicted octanol–water partition coefficient (Wildman–Crippen LogP) is 1.85. The lowest BCUT2D eigenvalue weighted by Gasteiger charge is -2.31. The molecule has 25 heavy (non-hydrogen) atoms. The number of carbonyl (C=O) groups is 1. The van der Waals surface area contributed by atoms with E-state index < -0.39 is 4.92 Å². The number of likely N-dealkylation sites (tertiary alicyclic amines) is 1. The van der Waals surface area contributed by atoms with Gasteiger partial charge < -0.3 is 10.2 Å². The van der Waals surface area contributed by atoms with Crippen molar-refractivity contribution in [1.29, 1.82) is 0 Å². The molecule has 0 bridgehead atoms. The molecule has 2 heterocycles. The summed E-state index contributed by atoms with van der Waals surface area (Å²) in [7, 11) is 0. The van der Waals surface area contributed by atoms with Crippen LogP contribution in [0.15, 0.2) is 18.2 Å². The lowest BCUT2D eigenvalue weighted by atomic mass is 10.1. The molecule has 0 saturated carbocycles. The van der Waals surface area contributed by atoms with Gasteiger partial charge in [0.15, 0.2) is 0 Å². The summed E-state index contributed by atoms with van der Waals surface area (Å²) in [5.74, 6) is -0.0716. The van der Waals surface area contributed by atoms with Gasteiger partial charge >= 0.3 is 0 Å². The number of piperidine rings is 1. The van der Waals surface area contributed by atoms with E-state index in [2.05, 4.69) is 22.2 Å². The number of nitro benzene ring substituents is 1. The highest BCUT2D eigenvalue weighted by Crippen LogP contribution is 2.23. The number of non-ortho nitro benzene ring substituents is 1. The van der Waals surface area contributed by atoms with Crippen LogP contribution in [-0.2, 0) is 11.3 Å². The summed E-state index contributed by atoms with van der Waals surface area (Å²) < 4.78 is 1.62. The quantitative estimate of drug-likeness (QED) is 0.659. The minimum atomic E-state index is -0.425. The summed E-state index contributed by atoms with van der Waals surface area (Å²) in [4.78, 5) is 25.2.